The predicted molar refractivity (Wildman–Crippen MR) is 162 cm³/mol. The van der Waals surface area contributed by atoms with Crippen molar-refractivity contribution in [1.82, 2.24) is 24.4 Å². The number of piperazine rings is 1. The number of rotatable bonds is 7. The smallest absolute Gasteiger partial charge is 0.350 e. The highest BCUT2D eigenvalue weighted by Crippen LogP contribution is 2.34. The van der Waals surface area contributed by atoms with E-state index in [1.165, 1.54) is 46.7 Å². The first-order valence-corrected chi connectivity index (χ1v) is 15.0. The molecule has 218 valence electrons. The molecule has 0 saturated carbocycles. The number of hydrogen-bond donors (Lipinski definition) is 0. The van der Waals surface area contributed by atoms with Gasteiger partial charge < -0.3 is 9.80 Å². The van der Waals surface area contributed by atoms with Crippen LogP contribution >= 0.6 is 11.8 Å². The third kappa shape index (κ3) is 5.40. The van der Waals surface area contributed by atoms with E-state index in [1.807, 2.05) is 24.1 Å². The van der Waals surface area contributed by atoms with Crippen molar-refractivity contribution in [3.05, 3.63) is 83.1 Å². The number of carbonyl (C=O) groups is 1. The Bertz CT molecular complexity index is 1740. The summed E-state index contributed by atoms with van der Waals surface area (Å²) < 4.78 is 32.1. The average molecular weight is 591 g/mol. The lowest BCUT2D eigenvalue weighted by Crippen LogP contribution is -2.54. The SMILES string of the molecule is C=CC(=O)N1CCN(c2nc(=O)n(-c3c(SC)ccnc3CC(C)C)c3nc(-c4ccccc4F)c(F)cc23)[C@@H](C)C1. The van der Waals surface area contributed by atoms with Gasteiger partial charge in [0, 0.05) is 42.3 Å². The van der Waals surface area contributed by atoms with Crippen molar-refractivity contribution in [3.8, 4) is 16.9 Å². The van der Waals surface area contributed by atoms with Crippen molar-refractivity contribution in [2.75, 3.05) is 30.8 Å². The third-order valence-electron chi connectivity index (χ3n) is 7.32. The van der Waals surface area contributed by atoms with E-state index in [2.05, 4.69) is 35.4 Å². The van der Waals surface area contributed by atoms with Crippen LogP contribution in [-0.4, -0.2) is 62.3 Å². The lowest BCUT2D eigenvalue weighted by Gasteiger charge is -2.40. The van der Waals surface area contributed by atoms with Crippen LogP contribution in [0.5, 0.6) is 0 Å². The quantitative estimate of drug-likeness (QED) is 0.214. The monoisotopic (exact) mass is 590 g/mol. The molecule has 1 fully saturated rings. The lowest BCUT2D eigenvalue weighted by atomic mass is 10.1. The fourth-order valence-electron chi connectivity index (χ4n) is 5.39. The fourth-order valence-corrected chi connectivity index (χ4v) is 5.99. The van der Waals surface area contributed by atoms with Crippen LogP contribution in [0.25, 0.3) is 28.0 Å². The zero-order valence-electron chi connectivity index (χ0n) is 24.0. The molecule has 4 aromatic rings. The van der Waals surface area contributed by atoms with Crippen molar-refractivity contribution in [3.63, 3.8) is 0 Å². The van der Waals surface area contributed by atoms with E-state index >= 15 is 4.39 Å². The average Bonchev–Trinajstić information content (AvgIpc) is 2.96. The van der Waals surface area contributed by atoms with Gasteiger partial charge in [0.2, 0.25) is 5.91 Å². The summed E-state index contributed by atoms with van der Waals surface area (Å²) in [5, 5.41) is 0.300. The maximum absolute atomic E-state index is 15.8. The topological polar surface area (TPSA) is 84.2 Å². The first kappa shape index (κ1) is 29.4. The Hall–Kier alpha value is -4.12. The highest BCUT2D eigenvalue weighted by molar-refractivity contribution is 7.98. The van der Waals surface area contributed by atoms with Gasteiger partial charge in [-0.15, -0.1) is 11.8 Å². The highest BCUT2D eigenvalue weighted by atomic mass is 32.2. The highest BCUT2D eigenvalue weighted by Gasteiger charge is 2.30. The van der Waals surface area contributed by atoms with Crippen LogP contribution in [0.3, 0.4) is 0 Å². The van der Waals surface area contributed by atoms with Gasteiger partial charge in [-0.2, -0.15) is 4.98 Å². The number of carbonyl (C=O) groups excluding carboxylic acids is 1. The lowest BCUT2D eigenvalue weighted by molar-refractivity contribution is -0.126. The Balaban J connectivity index is 1.82. The number of pyridine rings is 2. The van der Waals surface area contributed by atoms with Gasteiger partial charge in [0.25, 0.3) is 0 Å². The Kier molecular flexibility index (Phi) is 8.40. The Morgan fingerprint density at radius 3 is 2.60 bits per heavy atom. The molecule has 0 bridgehead atoms. The summed E-state index contributed by atoms with van der Waals surface area (Å²) in [7, 11) is 0. The summed E-state index contributed by atoms with van der Waals surface area (Å²) in [5.41, 5.74) is 0.522. The van der Waals surface area contributed by atoms with Crippen molar-refractivity contribution < 1.29 is 13.6 Å². The number of aromatic nitrogens is 4. The second kappa shape index (κ2) is 12.0. The molecule has 1 aliphatic rings. The molecule has 11 heteroatoms. The number of hydrogen-bond acceptors (Lipinski definition) is 7. The molecule has 0 radical (unpaired) electrons. The third-order valence-corrected chi connectivity index (χ3v) is 8.09. The van der Waals surface area contributed by atoms with Gasteiger partial charge in [-0.3, -0.25) is 9.78 Å². The van der Waals surface area contributed by atoms with Gasteiger partial charge in [0.05, 0.1) is 16.8 Å². The molecule has 0 N–H and O–H groups in total. The molecule has 1 aromatic carbocycles. The van der Waals surface area contributed by atoms with Gasteiger partial charge >= 0.3 is 5.69 Å². The summed E-state index contributed by atoms with van der Waals surface area (Å²) >= 11 is 1.45. The number of thioether (sulfide) groups is 1. The summed E-state index contributed by atoms with van der Waals surface area (Å²) in [5.74, 6) is -1.06. The van der Waals surface area contributed by atoms with Crippen molar-refractivity contribution >= 4 is 34.5 Å². The van der Waals surface area contributed by atoms with E-state index in [1.54, 1.807) is 17.2 Å². The van der Waals surface area contributed by atoms with Crippen molar-refractivity contribution in [1.29, 1.82) is 0 Å². The molecule has 1 saturated heterocycles. The molecule has 3 aromatic heterocycles. The van der Waals surface area contributed by atoms with Gasteiger partial charge in [-0.05, 0) is 55.9 Å². The molecule has 42 heavy (non-hydrogen) atoms. The molecule has 0 aliphatic carbocycles. The van der Waals surface area contributed by atoms with Crippen LogP contribution in [-0.2, 0) is 11.2 Å². The normalized spacial score (nSPS) is 15.5. The van der Waals surface area contributed by atoms with Gasteiger partial charge in [0.1, 0.15) is 23.1 Å². The maximum atomic E-state index is 15.8. The van der Waals surface area contributed by atoms with E-state index < -0.39 is 17.3 Å². The van der Waals surface area contributed by atoms with Crippen LogP contribution < -0.4 is 10.6 Å². The first-order valence-electron chi connectivity index (χ1n) is 13.7. The molecule has 1 atom stereocenters. The van der Waals surface area contributed by atoms with Crippen LogP contribution in [0, 0.1) is 17.6 Å². The minimum Gasteiger partial charge on any atom is -0.350 e. The van der Waals surface area contributed by atoms with E-state index in [-0.39, 0.29) is 40.6 Å². The second-order valence-electron chi connectivity index (χ2n) is 10.7. The van der Waals surface area contributed by atoms with Gasteiger partial charge in [0.15, 0.2) is 5.65 Å². The molecule has 4 heterocycles. The van der Waals surface area contributed by atoms with Crippen LogP contribution in [0.4, 0.5) is 14.6 Å². The number of fused-ring (bicyclic) bond motifs is 1. The summed E-state index contributed by atoms with van der Waals surface area (Å²) in [4.78, 5) is 44.4. The molecule has 5 rings (SSSR count). The molecule has 0 spiro atoms. The Morgan fingerprint density at radius 1 is 1.17 bits per heavy atom. The number of amides is 1. The van der Waals surface area contributed by atoms with Crippen molar-refractivity contribution in [2.45, 2.75) is 38.1 Å². The van der Waals surface area contributed by atoms with Gasteiger partial charge in [-0.1, -0.05) is 32.6 Å². The second-order valence-corrected chi connectivity index (χ2v) is 11.5. The number of halogens is 2. The van der Waals surface area contributed by atoms with Gasteiger partial charge in [-0.25, -0.2) is 23.1 Å². The zero-order chi connectivity index (χ0) is 30.1. The van der Waals surface area contributed by atoms with Crippen molar-refractivity contribution in [2.24, 2.45) is 5.92 Å². The number of nitrogens with zero attached hydrogens (tertiary/aromatic N) is 6. The first-order chi connectivity index (χ1) is 20.1. The Morgan fingerprint density at radius 2 is 1.93 bits per heavy atom. The fraction of sp³-hybridized carbons (Fsp3) is 0.323. The van der Waals surface area contributed by atoms with E-state index in [0.29, 0.717) is 42.8 Å². The summed E-state index contributed by atoms with van der Waals surface area (Å²) in [6, 6.07) is 8.67. The molecular formula is C31H32F2N6O2S. The molecule has 1 amide bonds. The molecular weight excluding hydrogens is 558 g/mol. The zero-order valence-corrected chi connectivity index (χ0v) is 24.8. The van der Waals surface area contributed by atoms with Crippen LogP contribution in [0.2, 0.25) is 0 Å². The Labute approximate surface area is 247 Å². The van der Waals surface area contributed by atoms with Crippen LogP contribution in [0.1, 0.15) is 26.5 Å². The minimum absolute atomic E-state index is 0.0159. The standard InChI is InChI=1S/C31H32F2N6O2S/c1-6-26(40)37-13-14-38(19(4)17-37)29-21-16-23(33)27(20-9-7-8-10-22(20)32)35-30(21)39(31(41)36-29)28-24(15-18(2)3)34-12-11-25(28)42-5/h6-12,16,18-19H,1,13-15,17H2,2-5H3/t19-/m0/s1. The summed E-state index contributed by atoms with van der Waals surface area (Å²) in [6.07, 6.45) is 5.45. The number of anilines is 1. The predicted octanol–water partition coefficient (Wildman–Crippen LogP) is 5.26. The maximum Gasteiger partial charge on any atom is 0.355 e. The minimum atomic E-state index is -0.743. The largest absolute Gasteiger partial charge is 0.355 e. The van der Waals surface area contributed by atoms with E-state index in [0.717, 1.165) is 4.90 Å². The number of benzene rings is 1. The van der Waals surface area contributed by atoms with E-state index in [9.17, 15) is 14.0 Å². The summed E-state index contributed by atoms with van der Waals surface area (Å²) in [6.45, 7) is 10.7. The van der Waals surface area contributed by atoms with Crippen LogP contribution in [0.15, 0.2) is 64.9 Å². The molecule has 8 nitrogen and oxygen atoms in total. The van der Waals surface area contributed by atoms with E-state index in [4.69, 9.17) is 0 Å². The molecule has 0 unspecified atom stereocenters. The molecule has 1 aliphatic heterocycles.